The third-order valence-electron chi connectivity index (χ3n) is 2.48. The van der Waals surface area contributed by atoms with Crippen LogP contribution in [-0.2, 0) is 4.74 Å². The van der Waals surface area contributed by atoms with Gasteiger partial charge in [-0.05, 0) is 12.1 Å². The Hall–Kier alpha value is -0.580. The molecule has 1 atom stereocenters. The second-order valence-corrected chi connectivity index (χ2v) is 4.27. The predicted molar refractivity (Wildman–Crippen MR) is 62.3 cm³/mol. The Bertz CT molecular complexity index is 337. The van der Waals surface area contributed by atoms with Crippen molar-refractivity contribution in [2.24, 2.45) is 0 Å². The molecule has 1 unspecified atom stereocenters. The average Bonchev–Trinajstić information content (AvgIpc) is 2.29. The molecule has 0 bridgehead atoms. The van der Waals surface area contributed by atoms with Crippen LogP contribution in [0.25, 0.3) is 0 Å². The second kappa shape index (κ2) is 4.96. The van der Waals surface area contributed by atoms with E-state index in [1.165, 1.54) is 0 Å². The molecule has 0 amide bonds. The minimum Gasteiger partial charge on any atom is -0.496 e. The van der Waals surface area contributed by atoms with Gasteiger partial charge in [-0.2, -0.15) is 0 Å². The molecule has 1 aromatic carbocycles. The summed E-state index contributed by atoms with van der Waals surface area (Å²) in [6.07, 6.45) is 0.0734. The van der Waals surface area contributed by atoms with Crippen molar-refractivity contribution in [3.05, 3.63) is 28.2 Å². The van der Waals surface area contributed by atoms with Gasteiger partial charge in [0.2, 0.25) is 0 Å². The lowest BCUT2D eigenvalue weighted by atomic mass is 10.1. The fourth-order valence-corrected chi connectivity index (χ4v) is 2.36. The van der Waals surface area contributed by atoms with Crippen LogP contribution in [-0.4, -0.2) is 26.8 Å². The lowest BCUT2D eigenvalue weighted by Gasteiger charge is -2.26. The number of nitrogens with one attached hydrogen (secondary N) is 1. The van der Waals surface area contributed by atoms with E-state index in [-0.39, 0.29) is 6.10 Å². The van der Waals surface area contributed by atoms with Gasteiger partial charge in [-0.3, -0.25) is 0 Å². The predicted octanol–water partition coefficient (Wildman–Crippen LogP) is 2.12. The van der Waals surface area contributed by atoms with E-state index in [4.69, 9.17) is 9.47 Å². The van der Waals surface area contributed by atoms with Crippen molar-refractivity contribution >= 4 is 15.9 Å². The molecule has 0 saturated carbocycles. The van der Waals surface area contributed by atoms with E-state index in [0.717, 1.165) is 35.5 Å². The van der Waals surface area contributed by atoms with Crippen LogP contribution in [0, 0.1) is 0 Å². The summed E-state index contributed by atoms with van der Waals surface area (Å²) >= 11 is 3.54. The van der Waals surface area contributed by atoms with Crippen LogP contribution in [0.2, 0.25) is 0 Å². The van der Waals surface area contributed by atoms with Gasteiger partial charge >= 0.3 is 0 Å². The molecule has 82 valence electrons. The Morgan fingerprint density at radius 1 is 1.53 bits per heavy atom. The van der Waals surface area contributed by atoms with E-state index in [1.807, 2.05) is 18.2 Å². The van der Waals surface area contributed by atoms with Crippen molar-refractivity contribution in [3.8, 4) is 5.75 Å². The summed E-state index contributed by atoms with van der Waals surface area (Å²) in [6.45, 7) is 2.50. The lowest BCUT2D eigenvalue weighted by Crippen LogP contribution is -2.33. The van der Waals surface area contributed by atoms with Gasteiger partial charge in [-0.15, -0.1) is 0 Å². The number of benzene rings is 1. The summed E-state index contributed by atoms with van der Waals surface area (Å²) < 4.78 is 12.1. The molecule has 3 nitrogen and oxygen atoms in total. The van der Waals surface area contributed by atoms with Gasteiger partial charge in [-0.1, -0.05) is 22.0 Å². The van der Waals surface area contributed by atoms with E-state index in [9.17, 15) is 0 Å². The Morgan fingerprint density at radius 3 is 3.07 bits per heavy atom. The zero-order chi connectivity index (χ0) is 10.7. The Labute approximate surface area is 97.9 Å². The molecule has 1 saturated heterocycles. The van der Waals surface area contributed by atoms with E-state index >= 15 is 0 Å². The van der Waals surface area contributed by atoms with Crippen LogP contribution < -0.4 is 10.1 Å². The van der Waals surface area contributed by atoms with E-state index in [1.54, 1.807) is 7.11 Å². The number of hydrogen-bond acceptors (Lipinski definition) is 3. The van der Waals surface area contributed by atoms with Crippen molar-refractivity contribution in [2.45, 2.75) is 6.10 Å². The second-order valence-electron chi connectivity index (χ2n) is 3.42. The molecule has 0 aliphatic carbocycles. The van der Waals surface area contributed by atoms with Crippen LogP contribution in [0.3, 0.4) is 0 Å². The number of hydrogen-bond donors (Lipinski definition) is 1. The maximum Gasteiger partial charge on any atom is 0.125 e. The summed E-state index contributed by atoms with van der Waals surface area (Å²) in [6, 6.07) is 5.93. The van der Waals surface area contributed by atoms with E-state index in [2.05, 4.69) is 21.2 Å². The van der Waals surface area contributed by atoms with Gasteiger partial charge in [0.05, 0.1) is 19.8 Å². The molecule has 2 rings (SSSR count). The number of halogens is 1. The molecular formula is C11H14BrNO2. The topological polar surface area (TPSA) is 30.5 Å². The number of ether oxygens (including phenoxy) is 2. The third kappa shape index (κ3) is 2.33. The molecular weight excluding hydrogens is 258 g/mol. The highest BCUT2D eigenvalue weighted by molar-refractivity contribution is 9.10. The number of morpholine rings is 1. The highest BCUT2D eigenvalue weighted by Gasteiger charge is 2.21. The third-order valence-corrected chi connectivity index (χ3v) is 3.17. The van der Waals surface area contributed by atoms with Gasteiger partial charge < -0.3 is 14.8 Å². The van der Waals surface area contributed by atoms with Crippen molar-refractivity contribution in [1.82, 2.24) is 5.32 Å². The van der Waals surface area contributed by atoms with Crippen molar-refractivity contribution < 1.29 is 9.47 Å². The first-order chi connectivity index (χ1) is 7.33. The van der Waals surface area contributed by atoms with Crippen molar-refractivity contribution in [1.29, 1.82) is 0 Å². The lowest BCUT2D eigenvalue weighted by molar-refractivity contribution is 0.0258. The summed E-state index contributed by atoms with van der Waals surface area (Å²) in [5.74, 6) is 0.873. The molecule has 4 heteroatoms. The largest absolute Gasteiger partial charge is 0.496 e. The maximum absolute atomic E-state index is 5.71. The summed E-state index contributed by atoms with van der Waals surface area (Å²) in [7, 11) is 1.68. The Kier molecular flexibility index (Phi) is 3.61. The minimum atomic E-state index is 0.0734. The summed E-state index contributed by atoms with van der Waals surface area (Å²) in [5, 5.41) is 3.31. The molecule has 15 heavy (non-hydrogen) atoms. The molecule has 1 aromatic rings. The summed E-state index contributed by atoms with van der Waals surface area (Å²) in [5.41, 5.74) is 1.09. The van der Waals surface area contributed by atoms with Crippen LogP contribution >= 0.6 is 15.9 Å². The van der Waals surface area contributed by atoms with Gasteiger partial charge in [0.1, 0.15) is 5.75 Å². The van der Waals surface area contributed by atoms with Gasteiger partial charge in [0.15, 0.2) is 0 Å². The molecule has 1 heterocycles. The van der Waals surface area contributed by atoms with Gasteiger partial charge in [0, 0.05) is 23.1 Å². The first kappa shape index (κ1) is 10.9. The molecule has 1 aliphatic heterocycles. The normalized spacial score (nSPS) is 21.3. The highest BCUT2D eigenvalue weighted by Crippen LogP contribution is 2.34. The van der Waals surface area contributed by atoms with Crippen LogP contribution in [0.15, 0.2) is 22.7 Å². The molecule has 0 radical (unpaired) electrons. The highest BCUT2D eigenvalue weighted by atomic mass is 79.9. The first-order valence-corrected chi connectivity index (χ1v) is 5.77. The Balaban J connectivity index is 2.31. The molecule has 0 aromatic heterocycles. The fraction of sp³-hybridized carbons (Fsp3) is 0.455. The molecule has 0 spiro atoms. The zero-order valence-corrected chi connectivity index (χ0v) is 10.2. The average molecular weight is 272 g/mol. The molecule has 1 aliphatic rings. The minimum absolute atomic E-state index is 0.0734. The van der Waals surface area contributed by atoms with Crippen LogP contribution in [0.4, 0.5) is 0 Å². The summed E-state index contributed by atoms with van der Waals surface area (Å²) in [4.78, 5) is 0. The standard InChI is InChI=1S/C11H14BrNO2/c1-14-9-4-2-3-8(12)11(9)10-7-13-5-6-15-10/h2-4,10,13H,5-7H2,1H3. The molecule has 1 N–H and O–H groups in total. The number of methoxy groups -OCH3 is 1. The first-order valence-electron chi connectivity index (χ1n) is 4.97. The van der Waals surface area contributed by atoms with E-state index < -0.39 is 0 Å². The SMILES string of the molecule is COc1cccc(Br)c1C1CNCCO1. The van der Waals surface area contributed by atoms with Crippen LogP contribution in [0.1, 0.15) is 11.7 Å². The van der Waals surface area contributed by atoms with Crippen LogP contribution in [0.5, 0.6) is 5.75 Å². The fourth-order valence-electron chi connectivity index (χ4n) is 1.76. The van der Waals surface area contributed by atoms with Gasteiger partial charge in [-0.25, -0.2) is 0 Å². The van der Waals surface area contributed by atoms with Crippen molar-refractivity contribution in [2.75, 3.05) is 26.8 Å². The quantitative estimate of drug-likeness (QED) is 0.894. The monoisotopic (exact) mass is 271 g/mol. The maximum atomic E-state index is 5.71. The number of rotatable bonds is 2. The molecule has 1 fully saturated rings. The van der Waals surface area contributed by atoms with E-state index in [0.29, 0.717) is 0 Å². The zero-order valence-electron chi connectivity index (χ0n) is 8.63. The van der Waals surface area contributed by atoms with Gasteiger partial charge in [0.25, 0.3) is 0 Å². The smallest absolute Gasteiger partial charge is 0.125 e. The Morgan fingerprint density at radius 2 is 2.40 bits per heavy atom. The van der Waals surface area contributed by atoms with Crippen molar-refractivity contribution in [3.63, 3.8) is 0 Å².